The van der Waals surface area contributed by atoms with Gasteiger partial charge in [-0.2, -0.15) is 0 Å². The number of hydrogen-bond acceptors (Lipinski definition) is 1. The van der Waals surface area contributed by atoms with Gasteiger partial charge in [-0.15, -0.1) is 0 Å². The number of carbonyl (C=O) groups is 1. The smallest absolute Gasteiger partial charge is 0.230 e. The van der Waals surface area contributed by atoms with Crippen LogP contribution in [0.25, 0.3) is 0 Å². The van der Waals surface area contributed by atoms with Crippen molar-refractivity contribution in [2.24, 2.45) is 0 Å². The minimum Gasteiger partial charge on any atom is -0.346 e. The van der Waals surface area contributed by atoms with Crippen molar-refractivity contribution in [2.45, 2.75) is 19.4 Å². The molecule has 0 aliphatic heterocycles. The van der Waals surface area contributed by atoms with E-state index >= 15 is 0 Å². The molecule has 0 atom stereocenters. The normalized spacial score (nSPS) is 11.2. The van der Waals surface area contributed by atoms with Crippen LogP contribution in [0, 0.1) is 5.82 Å². The quantitative estimate of drug-likeness (QED) is 0.673. The fourth-order valence-electron chi connectivity index (χ4n) is 1.33. The molecule has 2 nitrogen and oxygen atoms in total. The Bertz CT molecular complexity index is 365. The van der Waals surface area contributed by atoms with Crippen molar-refractivity contribution in [3.05, 3.63) is 35.6 Å². The van der Waals surface area contributed by atoms with Crippen LogP contribution < -0.4 is 5.32 Å². The summed E-state index contributed by atoms with van der Waals surface area (Å²) in [6.07, 6.45) is 0. The largest absolute Gasteiger partial charge is 0.346 e. The summed E-state index contributed by atoms with van der Waals surface area (Å²) in [6, 6.07) is 6.27. The van der Waals surface area contributed by atoms with Crippen LogP contribution in [0.5, 0.6) is 0 Å². The van der Waals surface area contributed by atoms with Crippen LogP contribution >= 0.6 is 22.6 Å². The highest BCUT2D eigenvalue weighted by Gasteiger charge is 2.22. The van der Waals surface area contributed by atoms with Gasteiger partial charge in [0.1, 0.15) is 5.82 Å². The Morgan fingerprint density at radius 2 is 2.20 bits per heavy atom. The summed E-state index contributed by atoms with van der Waals surface area (Å²) in [7, 11) is 0. The summed E-state index contributed by atoms with van der Waals surface area (Å²) < 4.78 is 13.4. The fraction of sp³-hybridized carbons (Fsp3) is 0.364. The zero-order valence-electron chi connectivity index (χ0n) is 8.68. The zero-order valence-corrected chi connectivity index (χ0v) is 10.8. The van der Waals surface area contributed by atoms with Gasteiger partial charge in [0.2, 0.25) is 5.91 Å². The summed E-state index contributed by atoms with van der Waals surface area (Å²) in [5.74, 6) is -0.339. The Labute approximate surface area is 102 Å². The molecule has 82 valence electrons. The number of alkyl halides is 1. The van der Waals surface area contributed by atoms with Gasteiger partial charge in [0.25, 0.3) is 0 Å². The highest BCUT2D eigenvalue weighted by molar-refractivity contribution is 14.1. The number of benzene rings is 1. The average molecular weight is 321 g/mol. The molecule has 0 aromatic heterocycles. The molecule has 1 rings (SSSR count). The van der Waals surface area contributed by atoms with Gasteiger partial charge in [-0.05, 0) is 31.5 Å². The van der Waals surface area contributed by atoms with E-state index in [1.807, 2.05) is 36.4 Å². The number of amides is 1. The molecule has 0 radical (unpaired) electrons. The predicted octanol–water partition coefficient (Wildman–Crippen LogP) is 2.61. The van der Waals surface area contributed by atoms with Gasteiger partial charge >= 0.3 is 0 Å². The van der Waals surface area contributed by atoms with E-state index in [-0.39, 0.29) is 11.7 Å². The molecule has 1 N–H and O–H groups in total. The van der Waals surface area contributed by atoms with Gasteiger partial charge in [0.05, 0.1) is 9.97 Å². The second kappa shape index (κ2) is 4.92. The first-order chi connectivity index (χ1) is 6.95. The second-order valence-electron chi connectivity index (χ2n) is 3.82. The summed E-state index contributed by atoms with van der Waals surface area (Å²) >= 11 is 1.99. The molecule has 0 fully saturated rings. The third kappa shape index (κ3) is 3.44. The van der Waals surface area contributed by atoms with E-state index in [1.54, 1.807) is 12.1 Å². The minimum atomic E-state index is -0.537. The maximum atomic E-state index is 13.0. The van der Waals surface area contributed by atoms with Crippen LogP contribution in [-0.4, -0.2) is 10.3 Å². The van der Waals surface area contributed by atoms with Crippen molar-refractivity contribution < 1.29 is 9.18 Å². The first-order valence-corrected chi connectivity index (χ1v) is 6.11. The molecule has 0 heterocycles. The molecule has 0 aliphatic carbocycles. The molecular weight excluding hydrogens is 308 g/mol. The number of nitrogens with one attached hydrogen (secondary N) is 1. The molecule has 0 saturated carbocycles. The third-order valence-electron chi connectivity index (χ3n) is 2.12. The van der Waals surface area contributed by atoms with Crippen LogP contribution in [0.2, 0.25) is 0 Å². The SMILES string of the molecule is CC(C)(NC(=O)CI)c1cccc(F)c1. The summed E-state index contributed by atoms with van der Waals surface area (Å²) in [6.45, 7) is 3.71. The highest BCUT2D eigenvalue weighted by Crippen LogP contribution is 2.20. The summed E-state index contributed by atoms with van der Waals surface area (Å²) in [5.41, 5.74) is 0.227. The van der Waals surface area contributed by atoms with Crippen molar-refractivity contribution in [1.82, 2.24) is 5.32 Å². The van der Waals surface area contributed by atoms with Crippen LogP contribution in [0.15, 0.2) is 24.3 Å². The predicted molar refractivity (Wildman–Crippen MR) is 66.5 cm³/mol. The Kier molecular flexibility index (Phi) is 4.07. The lowest BCUT2D eigenvalue weighted by atomic mass is 9.94. The van der Waals surface area contributed by atoms with Crippen molar-refractivity contribution in [3.63, 3.8) is 0 Å². The van der Waals surface area contributed by atoms with Crippen molar-refractivity contribution in [1.29, 1.82) is 0 Å². The molecule has 4 heteroatoms. The Morgan fingerprint density at radius 3 is 2.73 bits per heavy atom. The van der Waals surface area contributed by atoms with Gasteiger partial charge in [0.15, 0.2) is 0 Å². The zero-order chi connectivity index (χ0) is 11.5. The Morgan fingerprint density at radius 1 is 1.53 bits per heavy atom. The third-order valence-corrected chi connectivity index (χ3v) is 2.81. The summed E-state index contributed by atoms with van der Waals surface area (Å²) in [5, 5.41) is 2.84. The Hall–Kier alpha value is -0.650. The molecule has 0 saturated heterocycles. The van der Waals surface area contributed by atoms with E-state index in [1.165, 1.54) is 12.1 Å². The molecule has 0 spiro atoms. The standard InChI is InChI=1S/C11H13FINO/c1-11(2,14-10(15)7-13)8-4-3-5-9(12)6-8/h3-6H,7H2,1-2H3,(H,14,15). The monoisotopic (exact) mass is 321 g/mol. The van der Waals surface area contributed by atoms with Gasteiger partial charge in [0, 0.05) is 0 Å². The van der Waals surface area contributed by atoms with Gasteiger partial charge in [-0.3, -0.25) is 4.79 Å². The topological polar surface area (TPSA) is 29.1 Å². The molecule has 0 bridgehead atoms. The van der Waals surface area contributed by atoms with E-state index in [4.69, 9.17) is 0 Å². The molecule has 1 amide bonds. The van der Waals surface area contributed by atoms with Gasteiger partial charge in [-0.25, -0.2) is 4.39 Å². The Balaban J connectivity index is 2.90. The van der Waals surface area contributed by atoms with E-state index in [0.717, 1.165) is 5.56 Å². The molecule has 0 aliphatic rings. The van der Waals surface area contributed by atoms with Crippen molar-refractivity contribution >= 4 is 28.5 Å². The molecular formula is C11H13FINO. The summed E-state index contributed by atoms with van der Waals surface area (Å²) in [4.78, 5) is 11.3. The highest BCUT2D eigenvalue weighted by atomic mass is 127. The van der Waals surface area contributed by atoms with E-state index < -0.39 is 5.54 Å². The first kappa shape index (κ1) is 12.4. The van der Waals surface area contributed by atoms with Gasteiger partial charge < -0.3 is 5.32 Å². The number of halogens is 2. The van der Waals surface area contributed by atoms with Crippen LogP contribution in [-0.2, 0) is 10.3 Å². The second-order valence-corrected chi connectivity index (χ2v) is 4.58. The number of hydrogen-bond donors (Lipinski definition) is 1. The van der Waals surface area contributed by atoms with Crippen LogP contribution in [0.1, 0.15) is 19.4 Å². The minimum absolute atomic E-state index is 0.0511. The molecule has 15 heavy (non-hydrogen) atoms. The molecule has 1 aromatic carbocycles. The van der Waals surface area contributed by atoms with Crippen molar-refractivity contribution in [3.8, 4) is 0 Å². The van der Waals surface area contributed by atoms with Crippen molar-refractivity contribution in [2.75, 3.05) is 4.43 Å². The van der Waals surface area contributed by atoms with E-state index in [0.29, 0.717) is 4.43 Å². The maximum Gasteiger partial charge on any atom is 0.230 e. The average Bonchev–Trinajstić information content (AvgIpc) is 2.17. The lowest BCUT2D eigenvalue weighted by Crippen LogP contribution is -2.41. The molecule has 1 aromatic rings. The van der Waals surface area contributed by atoms with Gasteiger partial charge in [-0.1, -0.05) is 34.7 Å². The number of rotatable bonds is 3. The maximum absolute atomic E-state index is 13.0. The lowest BCUT2D eigenvalue weighted by Gasteiger charge is -2.26. The number of carbonyl (C=O) groups excluding carboxylic acids is 1. The van der Waals surface area contributed by atoms with E-state index in [2.05, 4.69) is 5.32 Å². The fourth-order valence-corrected chi connectivity index (χ4v) is 1.52. The van der Waals surface area contributed by atoms with E-state index in [9.17, 15) is 9.18 Å². The molecule has 0 unspecified atom stereocenters. The lowest BCUT2D eigenvalue weighted by molar-refractivity contribution is -0.119. The first-order valence-electron chi connectivity index (χ1n) is 4.59. The van der Waals surface area contributed by atoms with Crippen LogP contribution in [0.3, 0.4) is 0 Å². The van der Waals surface area contributed by atoms with Crippen LogP contribution in [0.4, 0.5) is 4.39 Å².